The smallest absolute Gasteiger partial charge is 0.317 e. The van der Waals surface area contributed by atoms with Gasteiger partial charge in [0.25, 0.3) is 0 Å². The minimum atomic E-state index is 0.129. The lowest BCUT2D eigenvalue weighted by Crippen LogP contribution is -2.45. The van der Waals surface area contributed by atoms with Gasteiger partial charge < -0.3 is 10.2 Å². The number of piperidine rings is 1. The first-order chi connectivity index (χ1) is 11.1. The normalized spacial score (nSPS) is 20.3. The SMILES string of the molecule is CC(C)Cc1ccc(CN2CCC(N3CCNC3=O)CC2)cc1. The molecule has 3 rings (SSSR count). The van der Waals surface area contributed by atoms with E-state index in [0.29, 0.717) is 12.0 Å². The van der Waals surface area contributed by atoms with E-state index < -0.39 is 0 Å². The fourth-order valence-corrected chi connectivity index (χ4v) is 3.73. The molecule has 1 aromatic rings. The maximum atomic E-state index is 11.8. The number of urea groups is 1. The number of nitrogens with one attached hydrogen (secondary N) is 1. The molecule has 2 amide bonds. The van der Waals surface area contributed by atoms with E-state index in [-0.39, 0.29) is 6.03 Å². The highest BCUT2D eigenvalue weighted by Crippen LogP contribution is 2.20. The zero-order valence-electron chi connectivity index (χ0n) is 14.4. The van der Waals surface area contributed by atoms with Crippen LogP contribution < -0.4 is 5.32 Å². The number of hydrogen-bond donors (Lipinski definition) is 1. The molecule has 0 bridgehead atoms. The van der Waals surface area contributed by atoms with Crippen molar-refractivity contribution in [2.45, 2.75) is 45.7 Å². The topological polar surface area (TPSA) is 35.6 Å². The average Bonchev–Trinajstić information content (AvgIpc) is 2.96. The minimum absolute atomic E-state index is 0.129. The number of hydrogen-bond acceptors (Lipinski definition) is 2. The lowest BCUT2D eigenvalue weighted by Gasteiger charge is -2.36. The Balaban J connectivity index is 1.47. The number of benzene rings is 1. The highest BCUT2D eigenvalue weighted by molar-refractivity contribution is 5.76. The van der Waals surface area contributed by atoms with E-state index in [0.717, 1.165) is 52.0 Å². The summed E-state index contributed by atoms with van der Waals surface area (Å²) in [5.74, 6) is 0.711. The van der Waals surface area contributed by atoms with E-state index >= 15 is 0 Å². The van der Waals surface area contributed by atoms with Crippen molar-refractivity contribution < 1.29 is 4.79 Å². The van der Waals surface area contributed by atoms with Gasteiger partial charge in [0.05, 0.1) is 0 Å². The van der Waals surface area contributed by atoms with E-state index in [4.69, 9.17) is 0 Å². The molecule has 126 valence electrons. The summed E-state index contributed by atoms with van der Waals surface area (Å²) in [5.41, 5.74) is 2.83. The monoisotopic (exact) mass is 315 g/mol. The maximum Gasteiger partial charge on any atom is 0.317 e. The van der Waals surface area contributed by atoms with Crippen molar-refractivity contribution in [3.63, 3.8) is 0 Å². The van der Waals surface area contributed by atoms with E-state index in [1.54, 1.807) is 0 Å². The van der Waals surface area contributed by atoms with Gasteiger partial charge in [-0.1, -0.05) is 38.1 Å². The minimum Gasteiger partial charge on any atom is -0.336 e. The summed E-state index contributed by atoms with van der Waals surface area (Å²) in [6.07, 6.45) is 3.35. The summed E-state index contributed by atoms with van der Waals surface area (Å²) in [4.78, 5) is 16.3. The summed E-state index contributed by atoms with van der Waals surface area (Å²) >= 11 is 0. The van der Waals surface area contributed by atoms with Crippen molar-refractivity contribution >= 4 is 6.03 Å². The van der Waals surface area contributed by atoms with Crippen molar-refractivity contribution in [1.29, 1.82) is 0 Å². The summed E-state index contributed by atoms with van der Waals surface area (Å²) < 4.78 is 0. The molecule has 2 saturated heterocycles. The second kappa shape index (κ2) is 7.35. The van der Waals surface area contributed by atoms with Gasteiger partial charge in [-0.3, -0.25) is 4.90 Å². The molecule has 4 heteroatoms. The predicted molar refractivity (Wildman–Crippen MR) is 93.4 cm³/mol. The molecule has 0 aromatic heterocycles. The lowest BCUT2D eigenvalue weighted by molar-refractivity contribution is 0.132. The number of nitrogens with zero attached hydrogens (tertiary/aromatic N) is 2. The highest BCUT2D eigenvalue weighted by atomic mass is 16.2. The Morgan fingerprint density at radius 3 is 2.30 bits per heavy atom. The van der Waals surface area contributed by atoms with Crippen LogP contribution in [-0.4, -0.2) is 48.1 Å². The standard InChI is InChI=1S/C19H29N3O/c1-15(2)13-16-3-5-17(6-4-16)14-21-10-7-18(8-11-21)22-12-9-20-19(22)23/h3-6,15,18H,7-14H2,1-2H3,(H,20,23). The largest absolute Gasteiger partial charge is 0.336 e. The van der Waals surface area contributed by atoms with Gasteiger partial charge in [-0.2, -0.15) is 0 Å². The molecular formula is C19H29N3O. The van der Waals surface area contributed by atoms with Crippen LogP contribution in [0.15, 0.2) is 24.3 Å². The molecule has 0 radical (unpaired) electrons. The van der Waals surface area contributed by atoms with Crippen LogP contribution in [0.5, 0.6) is 0 Å². The second-order valence-electron chi connectivity index (χ2n) is 7.35. The van der Waals surface area contributed by atoms with Crippen LogP contribution >= 0.6 is 0 Å². The maximum absolute atomic E-state index is 11.8. The van der Waals surface area contributed by atoms with Crippen molar-refractivity contribution in [2.24, 2.45) is 5.92 Å². The molecule has 0 saturated carbocycles. The van der Waals surface area contributed by atoms with E-state index in [9.17, 15) is 4.79 Å². The van der Waals surface area contributed by atoms with Gasteiger partial charge in [0.15, 0.2) is 0 Å². The van der Waals surface area contributed by atoms with Crippen LogP contribution in [0.3, 0.4) is 0 Å². The van der Waals surface area contributed by atoms with Gasteiger partial charge in [0, 0.05) is 38.8 Å². The van der Waals surface area contributed by atoms with Crippen LogP contribution in [-0.2, 0) is 13.0 Å². The lowest BCUT2D eigenvalue weighted by atomic mass is 10.0. The van der Waals surface area contributed by atoms with Gasteiger partial charge in [-0.05, 0) is 36.3 Å². The summed E-state index contributed by atoms with van der Waals surface area (Å²) in [7, 11) is 0. The first kappa shape index (κ1) is 16.3. The molecule has 4 nitrogen and oxygen atoms in total. The predicted octanol–water partition coefficient (Wildman–Crippen LogP) is 2.87. The molecule has 0 atom stereocenters. The molecule has 0 unspecified atom stereocenters. The second-order valence-corrected chi connectivity index (χ2v) is 7.35. The van der Waals surface area contributed by atoms with Crippen molar-refractivity contribution in [3.05, 3.63) is 35.4 Å². The summed E-state index contributed by atoms with van der Waals surface area (Å²) in [6, 6.07) is 9.66. The van der Waals surface area contributed by atoms with Gasteiger partial charge in [0.1, 0.15) is 0 Å². The summed E-state index contributed by atoms with van der Waals surface area (Å²) in [5, 5.41) is 2.91. The van der Waals surface area contributed by atoms with Gasteiger partial charge in [-0.15, -0.1) is 0 Å². The first-order valence-corrected chi connectivity index (χ1v) is 8.96. The number of likely N-dealkylation sites (tertiary alicyclic amines) is 1. The van der Waals surface area contributed by atoms with Crippen LogP contribution in [0.2, 0.25) is 0 Å². The average molecular weight is 315 g/mol. The first-order valence-electron chi connectivity index (χ1n) is 8.96. The molecule has 1 aromatic carbocycles. The fourth-order valence-electron chi connectivity index (χ4n) is 3.73. The number of amides is 2. The van der Waals surface area contributed by atoms with Crippen molar-refractivity contribution in [3.8, 4) is 0 Å². The van der Waals surface area contributed by atoms with Crippen LogP contribution in [0.25, 0.3) is 0 Å². The Morgan fingerprint density at radius 1 is 1.09 bits per heavy atom. The van der Waals surface area contributed by atoms with Gasteiger partial charge >= 0.3 is 6.03 Å². The van der Waals surface area contributed by atoms with Crippen LogP contribution in [0, 0.1) is 5.92 Å². The van der Waals surface area contributed by atoms with Gasteiger partial charge in [-0.25, -0.2) is 4.79 Å². The fraction of sp³-hybridized carbons (Fsp3) is 0.632. The molecule has 2 aliphatic rings. The van der Waals surface area contributed by atoms with Crippen molar-refractivity contribution in [2.75, 3.05) is 26.2 Å². The zero-order valence-corrected chi connectivity index (χ0v) is 14.4. The van der Waals surface area contributed by atoms with E-state index in [2.05, 4.69) is 48.3 Å². The Bertz CT molecular complexity index is 518. The molecular weight excluding hydrogens is 286 g/mol. The number of carbonyl (C=O) groups excluding carboxylic acids is 1. The van der Waals surface area contributed by atoms with Crippen molar-refractivity contribution in [1.82, 2.24) is 15.1 Å². The van der Waals surface area contributed by atoms with Crippen LogP contribution in [0.1, 0.15) is 37.8 Å². The Kier molecular flexibility index (Phi) is 5.21. The zero-order chi connectivity index (χ0) is 16.2. The number of rotatable bonds is 5. The molecule has 1 N–H and O–H groups in total. The molecule has 2 fully saturated rings. The molecule has 2 aliphatic heterocycles. The summed E-state index contributed by atoms with van der Waals surface area (Å²) in [6.45, 7) is 9.41. The molecule has 0 spiro atoms. The van der Waals surface area contributed by atoms with Crippen LogP contribution in [0.4, 0.5) is 4.79 Å². The Morgan fingerprint density at radius 2 is 1.74 bits per heavy atom. The third-order valence-electron chi connectivity index (χ3n) is 4.96. The van der Waals surface area contributed by atoms with Gasteiger partial charge in [0.2, 0.25) is 0 Å². The number of carbonyl (C=O) groups is 1. The van der Waals surface area contributed by atoms with E-state index in [1.165, 1.54) is 11.1 Å². The highest BCUT2D eigenvalue weighted by Gasteiger charge is 2.30. The van der Waals surface area contributed by atoms with E-state index in [1.807, 2.05) is 4.90 Å². The third-order valence-corrected chi connectivity index (χ3v) is 4.96. The molecule has 23 heavy (non-hydrogen) atoms. The Hall–Kier alpha value is -1.55. The quantitative estimate of drug-likeness (QED) is 0.907. The third kappa shape index (κ3) is 4.25. The molecule has 0 aliphatic carbocycles. The molecule has 2 heterocycles. The Labute approximate surface area is 139 Å².